The predicted octanol–water partition coefficient (Wildman–Crippen LogP) is -3.87. The van der Waals surface area contributed by atoms with E-state index in [9.17, 15) is 19.0 Å². The Hall–Kier alpha value is -1.47. The SMILES string of the molecule is N=c1ccn([C@@H]2O[C@H](CO)[C@@H](O)C2(F)F)c([O-])n1.O=P([O-])([O-])O. The van der Waals surface area contributed by atoms with Crippen LogP contribution in [-0.4, -0.2) is 49.4 Å². The third-order valence-corrected chi connectivity index (χ3v) is 2.64. The smallest absolute Gasteiger partial charge is 0.320 e. The van der Waals surface area contributed by atoms with Crippen molar-refractivity contribution < 1.29 is 48.1 Å². The Kier molecular flexibility index (Phi) is 5.93. The Balaban J connectivity index is 0.000000463. The van der Waals surface area contributed by atoms with E-state index in [-0.39, 0.29) is 5.49 Å². The van der Waals surface area contributed by atoms with Gasteiger partial charge >= 0.3 is 5.92 Å². The first-order valence-electron chi connectivity index (χ1n) is 5.75. The number of rotatable bonds is 2. The van der Waals surface area contributed by atoms with Crippen LogP contribution in [0.25, 0.3) is 0 Å². The van der Waals surface area contributed by atoms with Gasteiger partial charge in [0.25, 0.3) is 0 Å². The minimum absolute atomic E-state index is 0.364. The van der Waals surface area contributed by atoms with Gasteiger partial charge in [0.15, 0.2) is 6.10 Å². The largest absolute Gasteiger partial charge is 0.846 e. The molecule has 1 aromatic rings. The average molecular weight is 358 g/mol. The van der Waals surface area contributed by atoms with Crippen LogP contribution >= 0.6 is 7.82 Å². The topological polar surface area (TPSA) is 198 Å². The van der Waals surface area contributed by atoms with Gasteiger partial charge in [-0.05, 0) is 6.07 Å². The maximum absolute atomic E-state index is 13.7. The van der Waals surface area contributed by atoms with E-state index < -0.39 is 44.8 Å². The van der Waals surface area contributed by atoms with Gasteiger partial charge in [-0.2, -0.15) is 8.78 Å². The molecule has 1 aromatic heterocycles. The maximum atomic E-state index is 13.7. The van der Waals surface area contributed by atoms with E-state index in [1.807, 2.05) is 0 Å². The van der Waals surface area contributed by atoms with Crippen LogP contribution in [0.15, 0.2) is 12.3 Å². The highest BCUT2D eigenvalue weighted by atomic mass is 31.2. The summed E-state index contributed by atoms with van der Waals surface area (Å²) >= 11 is 0. The number of halogens is 2. The summed E-state index contributed by atoms with van der Waals surface area (Å²) in [6.45, 7) is -0.800. The first-order chi connectivity index (χ1) is 10.4. The highest BCUT2D eigenvalue weighted by Crippen LogP contribution is 2.43. The first kappa shape index (κ1) is 19.6. The number of alkyl halides is 2. The van der Waals surface area contributed by atoms with Gasteiger partial charge in [0, 0.05) is 6.20 Å². The molecule has 0 aromatic carbocycles. The van der Waals surface area contributed by atoms with E-state index >= 15 is 0 Å². The monoisotopic (exact) mass is 358 g/mol. The number of nitrogens with one attached hydrogen (secondary N) is 1. The van der Waals surface area contributed by atoms with E-state index in [0.717, 1.165) is 12.3 Å². The molecule has 3 atom stereocenters. The van der Waals surface area contributed by atoms with E-state index in [4.69, 9.17) is 34.5 Å². The Morgan fingerprint density at radius 2 is 2.04 bits per heavy atom. The Bertz CT molecular complexity index is 642. The molecule has 11 nitrogen and oxygen atoms in total. The van der Waals surface area contributed by atoms with Crippen molar-refractivity contribution in [1.29, 1.82) is 5.41 Å². The van der Waals surface area contributed by atoms with Gasteiger partial charge in [-0.1, -0.05) is 0 Å². The summed E-state index contributed by atoms with van der Waals surface area (Å²) in [4.78, 5) is 27.5. The summed E-state index contributed by atoms with van der Waals surface area (Å²) in [5.74, 6) is -3.73. The molecule has 14 heteroatoms. The fraction of sp³-hybridized carbons (Fsp3) is 0.556. The zero-order valence-electron chi connectivity index (χ0n) is 11.1. The van der Waals surface area contributed by atoms with Gasteiger partial charge < -0.3 is 43.9 Å². The number of hydrogen-bond donors (Lipinski definition) is 4. The lowest BCUT2D eigenvalue weighted by Gasteiger charge is -2.25. The normalized spacial score (nSPS) is 26.5. The van der Waals surface area contributed by atoms with Crippen molar-refractivity contribution in [2.75, 3.05) is 6.61 Å². The van der Waals surface area contributed by atoms with E-state index in [0.29, 0.717) is 4.57 Å². The van der Waals surface area contributed by atoms with E-state index in [2.05, 4.69) is 4.98 Å². The molecule has 1 saturated heterocycles. The highest BCUT2D eigenvalue weighted by molar-refractivity contribution is 7.42. The molecule has 0 saturated carbocycles. The third-order valence-electron chi connectivity index (χ3n) is 2.64. The molecule has 1 aliphatic rings. The Labute approximate surface area is 126 Å². The quantitative estimate of drug-likeness (QED) is 0.382. The molecule has 2 rings (SSSR count). The third kappa shape index (κ3) is 5.00. The number of ether oxygens (including phenoxy) is 1. The molecule has 4 N–H and O–H groups in total. The summed E-state index contributed by atoms with van der Waals surface area (Å²) in [5.41, 5.74) is -0.364. The van der Waals surface area contributed by atoms with Crippen LogP contribution in [0.5, 0.6) is 6.01 Å². The van der Waals surface area contributed by atoms with E-state index in [1.165, 1.54) is 0 Å². The minimum Gasteiger partial charge on any atom is -0.846 e. The maximum Gasteiger partial charge on any atom is 0.320 e. The van der Waals surface area contributed by atoms with Crippen molar-refractivity contribution in [2.24, 2.45) is 0 Å². The lowest BCUT2D eigenvalue weighted by molar-refractivity contribution is -0.337. The molecule has 0 spiro atoms. The molecule has 0 bridgehead atoms. The summed E-state index contributed by atoms with van der Waals surface area (Å²) < 4.78 is 41.3. The molecule has 2 heterocycles. The van der Waals surface area contributed by atoms with Crippen molar-refractivity contribution in [1.82, 2.24) is 9.55 Å². The molecule has 1 aliphatic heterocycles. The molecular weight excluding hydrogens is 347 g/mol. The fourth-order valence-corrected chi connectivity index (χ4v) is 1.71. The molecule has 0 aliphatic carbocycles. The second-order valence-corrected chi connectivity index (χ2v) is 5.24. The van der Waals surface area contributed by atoms with Crippen molar-refractivity contribution >= 4 is 7.82 Å². The molecule has 23 heavy (non-hydrogen) atoms. The molecule has 0 unspecified atom stereocenters. The lowest BCUT2D eigenvalue weighted by Crippen LogP contribution is -2.39. The second-order valence-electron chi connectivity index (χ2n) is 4.30. The van der Waals surface area contributed by atoms with Crippen molar-refractivity contribution in [3.8, 4) is 6.01 Å². The van der Waals surface area contributed by atoms with Crippen LogP contribution in [0, 0.1) is 5.41 Å². The lowest BCUT2D eigenvalue weighted by atomic mass is 10.1. The Morgan fingerprint density at radius 3 is 2.43 bits per heavy atom. The Morgan fingerprint density at radius 1 is 1.52 bits per heavy atom. The molecular formula is C9H11F2N3O8P-3. The highest BCUT2D eigenvalue weighted by Gasteiger charge is 2.59. The van der Waals surface area contributed by atoms with Crippen LogP contribution in [0.3, 0.4) is 0 Å². The van der Waals surface area contributed by atoms with Crippen LogP contribution in [0.1, 0.15) is 6.23 Å². The number of aliphatic hydroxyl groups is 2. The first-order valence-corrected chi connectivity index (χ1v) is 7.25. The number of aromatic nitrogens is 2. The molecule has 1 fully saturated rings. The number of aliphatic hydroxyl groups excluding tert-OH is 2. The number of nitrogens with zero attached hydrogens (tertiary/aromatic N) is 2. The summed E-state index contributed by atoms with van der Waals surface area (Å²) in [6.07, 6.45) is -4.81. The number of hydrogen-bond acceptors (Lipinski definition) is 9. The second kappa shape index (κ2) is 6.97. The van der Waals surface area contributed by atoms with Crippen LogP contribution in [0.2, 0.25) is 0 Å². The summed E-state index contributed by atoms with van der Waals surface area (Å²) in [5, 5.41) is 36.5. The zero-order chi connectivity index (χ0) is 18.0. The van der Waals surface area contributed by atoms with Gasteiger partial charge in [-0.3, -0.25) is 5.41 Å². The van der Waals surface area contributed by atoms with Crippen LogP contribution in [0.4, 0.5) is 8.78 Å². The fourth-order valence-electron chi connectivity index (χ4n) is 1.71. The van der Waals surface area contributed by atoms with Crippen molar-refractivity contribution in [3.63, 3.8) is 0 Å². The molecule has 0 radical (unpaired) electrons. The van der Waals surface area contributed by atoms with Crippen LogP contribution in [-0.2, 0) is 9.30 Å². The van der Waals surface area contributed by atoms with Gasteiger partial charge in [-0.25, -0.2) is 4.98 Å². The average Bonchev–Trinajstić information content (AvgIpc) is 2.60. The van der Waals surface area contributed by atoms with E-state index in [1.54, 1.807) is 0 Å². The summed E-state index contributed by atoms with van der Waals surface area (Å²) in [6, 6.07) is -0.0441. The van der Waals surface area contributed by atoms with Crippen LogP contribution < -0.4 is 20.4 Å². The molecule has 132 valence electrons. The van der Waals surface area contributed by atoms with Gasteiger partial charge in [0.1, 0.15) is 11.6 Å². The minimum atomic E-state index is -5.14. The standard InChI is InChI=1S/C9H11F2N3O4.H3O4P/c10-9(11)6(16)4(3-15)18-7(9)14-2-1-5(12)13-8(14)17;1-5(2,3)4/h1-2,4,6-7,15-16H,3H2,(H2,12,13,17);(H3,1,2,3,4)/p-3/t4-,6-,7-;/m1./s1. The van der Waals surface area contributed by atoms with Gasteiger partial charge in [0.05, 0.1) is 20.4 Å². The van der Waals surface area contributed by atoms with Gasteiger partial charge in [-0.15, -0.1) is 0 Å². The molecule has 0 amide bonds. The van der Waals surface area contributed by atoms with Crippen molar-refractivity contribution in [2.45, 2.75) is 24.4 Å². The number of phosphoric acid groups is 1. The predicted molar refractivity (Wildman–Crippen MR) is 59.3 cm³/mol. The van der Waals surface area contributed by atoms with Crippen molar-refractivity contribution in [3.05, 3.63) is 17.8 Å². The summed E-state index contributed by atoms with van der Waals surface area (Å²) in [7, 11) is -5.14. The van der Waals surface area contributed by atoms with Gasteiger partial charge in [0.2, 0.25) is 6.23 Å². The zero-order valence-corrected chi connectivity index (χ0v) is 12.0.